The maximum absolute atomic E-state index is 12.0. The Balaban J connectivity index is 1.62. The summed E-state index contributed by atoms with van der Waals surface area (Å²) >= 11 is 4.88. The first-order valence-electron chi connectivity index (χ1n) is 5.99. The molecule has 2 bridgehead atoms. The van der Waals surface area contributed by atoms with E-state index in [1.165, 1.54) is 30.8 Å². The van der Waals surface area contributed by atoms with Crippen molar-refractivity contribution < 1.29 is 4.79 Å². The predicted molar refractivity (Wildman–Crippen MR) is 72.4 cm³/mol. The zero-order valence-electron chi connectivity index (χ0n) is 9.49. The molecule has 3 atom stereocenters. The third-order valence-electron chi connectivity index (χ3n) is 3.60. The molecule has 3 rings (SSSR count). The number of halogens is 1. The molecule has 1 aromatic heterocycles. The summed E-state index contributed by atoms with van der Waals surface area (Å²) in [6.45, 7) is 3.47. The standard InChI is InChI=1S/C12H15BrN2OS/c13-11-2-1-10(17-11)12(16)14-9-5-8-3-4-15(6-8)7-9/h1-2,8-9H,3-7H2,(H,14,16)/t8-,9+/m0/s1. The van der Waals surface area contributed by atoms with Crippen LogP contribution in [0.2, 0.25) is 0 Å². The smallest absolute Gasteiger partial charge is 0.261 e. The average molecular weight is 315 g/mol. The fourth-order valence-corrected chi connectivity index (χ4v) is 4.15. The van der Waals surface area contributed by atoms with Gasteiger partial charge in [0.15, 0.2) is 0 Å². The van der Waals surface area contributed by atoms with Gasteiger partial charge in [-0.25, -0.2) is 0 Å². The normalized spacial score (nSPS) is 31.5. The minimum atomic E-state index is 0.0770. The molecule has 3 nitrogen and oxygen atoms in total. The van der Waals surface area contributed by atoms with Crippen molar-refractivity contribution in [2.24, 2.45) is 5.92 Å². The van der Waals surface area contributed by atoms with Crippen LogP contribution in [0.3, 0.4) is 0 Å². The maximum atomic E-state index is 12.0. The third-order valence-corrected chi connectivity index (χ3v) is 5.22. The Morgan fingerprint density at radius 1 is 1.47 bits per heavy atom. The average Bonchev–Trinajstić information content (AvgIpc) is 2.85. The summed E-state index contributed by atoms with van der Waals surface area (Å²) in [6, 6.07) is 4.14. The van der Waals surface area contributed by atoms with Crippen molar-refractivity contribution in [3.8, 4) is 0 Å². The molecule has 0 radical (unpaired) electrons. The number of hydrogen-bond acceptors (Lipinski definition) is 3. The first-order chi connectivity index (χ1) is 8.20. The summed E-state index contributed by atoms with van der Waals surface area (Å²) in [6.07, 6.45) is 2.45. The number of rotatable bonds is 2. The number of nitrogens with one attached hydrogen (secondary N) is 1. The van der Waals surface area contributed by atoms with Crippen molar-refractivity contribution in [2.45, 2.75) is 18.9 Å². The van der Waals surface area contributed by atoms with Crippen molar-refractivity contribution >= 4 is 33.2 Å². The molecule has 1 amide bonds. The van der Waals surface area contributed by atoms with Gasteiger partial charge in [-0.05, 0) is 53.4 Å². The van der Waals surface area contributed by atoms with E-state index in [-0.39, 0.29) is 5.91 Å². The Labute approximate surface area is 113 Å². The number of carbonyl (C=O) groups excluding carboxylic acids is 1. The molecular formula is C12H15BrN2OS. The minimum Gasteiger partial charge on any atom is -0.347 e. The second kappa shape index (κ2) is 4.71. The molecule has 3 heterocycles. The molecule has 2 aliphatic heterocycles. The van der Waals surface area contributed by atoms with E-state index in [4.69, 9.17) is 0 Å². The summed E-state index contributed by atoms with van der Waals surface area (Å²) in [7, 11) is 0. The summed E-state index contributed by atoms with van der Waals surface area (Å²) in [4.78, 5) is 15.3. The molecule has 5 heteroatoms. The molecule has 0 spiro atoms. The van der Waals surface area contributed by atoms with E-state index < -0.39 is 0 Å². The molecular weight excluding hydrogens is 300 g/mol. The van der Waals surface area contributed by atoms with Gasteiger partial charge in [0.25, 0.3) is 5.91 Å². The summed E-state index contributed by atoms with van der Waals surface area (Å²) in [5.74, 6) is 0.873. The van der Waals surface area contributed by atoms with Crippen LogP contribution in [0.4, 0.5) is 0 Å². The van der Waals surface area contributed by atoms with Crippen molar-refractivity contribution in [1.82, 2.24) is 10.2 Å². The molecule has 1 aromatic rings. The van der Waals surface area contributed by atoms with Crippen LogP contribution >= 0.6 is 27.3 Å². The topological polar surface area (TPSA) is 32.3 Å². The van der Waals surface area contributed by atoms with E-state index in [1.807, 2.05) is 12.1 Å². The van der Waals surface area contributed by atoms with Gasteiger partial charge in [-0.2, -0.15) is 0 Å². The number of hydrogen-bond donors (Lipinski definition) is 1. The Bertz CT molecular complexity index is 422. The van der Waals surface area contributed by atoms with Gasteiger partial charge in [0, 0.05) is 19.1 Å². The lowest BCUT2D eigenvalue weighted by molar-refractivity contribution is 0.0913. The number of carbonyl (C=O) groups is 1. The zero-order chi connectivity index (χ0) is 11.8. The first-order valence-corrected chi connectivity index (χ1v) is 7.60. The molecule has 1 N–H and O–H groups in total. The van der Waals surface area contributed by atoms with E-state index in [0.29, 0.717) is 6.04 Å². The van der Waals surface area contributed by atoms with Gasteiger partial charge in [0.05, 0.1) is 8.66 Å². The minimum absolute atomic E-state index is 0.0770. The van der Waals surface area contributed by atoms with E-state index in [9.17, 15) is 4.79 Å². The van der Waals surface area contributed by atoms with Crippen LogP contribution in [0.25, 0.3) is 0 Å². The van der Waals surface area contributed by atoms with Crippen LogP contribution in [0.5, 0.6) is 0 Å². The van der Waals surface area contributed by atoms with Crippen LogP contribution in [-0.2, 0) is 0 Å². The summed E-state index contributed by atoms with van der Waals surface area (Å²) in [5.41, 5.74) is 0. The Kier molecular flexibility index (Phi) is 3.23. The lowest BCUT2D eigenvalue weighted by Gasteiger charge is -2.30. The predicted octanol–water partition coefficient (Wildman–Crippen LogP) is 2.33. The van der Waals surface area contributed by atoms with Crippen LogP contribution in [0.1, 0.15) is 22.5 Å². The zero-order valence-corrected chi connectivity index (χ0v) is 11.9. The van der Waals surface area contributed by atoms with Crippen molar-refractivity contribution in [2.75, 3.05) is 19.6 Å². The monoisotopic (exact) mass is 314 g/mol. The number of fused-ring (bicyclic) bond motifs is 2. The highest BCUT2D eigenvalue weighted by Crippen LogP contribution is 2.27. The highest BCUT2D eigenvalue weighted by Gasteiger charge is 2.33. The SMILES string of the molecule is O=C(N[C@@H]1C[C@@H]2CCN(C2)C1)c1ccc(Br)s1. The lowest BCUT2D eigenvalue weighted by atomic mass is 9.97. The molecule has 2 fully saturated rings. The Hall–Kier alpha value is -0.390. The van der Waals surface area contributed by atoms with Gasteiger partial charge in [0.1, 0.15) is 0 Å². The molecule has 1 unspecified atom stereocenters. The highest BCUT2D eigenvalue weighted by molar-refractivity contribution is 9.11. The molecule has 2 saturated heterocycles. The maximum Gasteiger partial charge on any atom is 0.261 e. The molecule has 2 aliphatic rings. The summed E-state index contributed by atoms with van der Waals surface area (Å²) in [5, 5.41) is 3.16. The number of thiophene rings is 1. The lowest BCUT2D eigenvalue weighted by Crippen LogP contribution is -2.46. The van der Waals surface area contributed by atoms with E-state index in [1.54, 1.807) is 0 Å². The molecule has 92 valence electrons. The van der Waals surface area contributed by atoms with E-state index in [2.05, 4.69) is 26.1 Å². The van der Waals surface area contributed by atoms with Gasteiger partial charge < -0.3 is 10.2 Å². The Morgan fingerprint density at radius 2 is 2.35 bits per heavy atom. The molecule has 17 heavy (non-hydrogen) atoms. The van der Waals surface area contributed by atoms with Crippen molar-refractivity contribution in [3.63, 3.8) is 0 Å². The third kappa shape index (κ3) is 2.56. The van der Waals surface area contributed by atoms with Crippen molar-refractivity contribution in [3.05, 3.63) is 20.8 Å². The largest absolute Gasteiger partial charge is 0.347 e. The number of piperidine rings is 1. The highest BCUT2D eigenvalue weighted by atomic mass is 79.9. The van der Waals surface area contributed by atoms with Gasteiger partial charge in [-0.1, -0.05) is 0 Å². The van der Waals surface area contributed by atoms with Gasteiger partial charge in [-0.3, -0.25) is 4.79 Å². The quantitative estimate of drug-likeness (QED) is 0.908. The summed E-state index contributed by atoms with van der Waals surface area (Å²) < 4.78 is 1.01. The fraction of sp³-hybridized carbons (Fsp3) is 0.583. The van der Waals surface area contributed by atoms with Gasteiger partial charge >= 0.3 is 0 Å². The molecule has 0 aromatic carbocycles. The van der Waals surface area contributed by atoms with E-state index >= 15 is 0 Å². The molecule has 0 saturated carbocycles. The second-order valence-corrected chi connectivity index (χ2v) is 7.39. The van der Waals surface area contributed by atoms with Gasteiger partial charge in [-0.15, -0.1) is 11.3 Å². The van der Waals surface area contributed by atoms with Gasteiger partial charge in [0.2, 0.25) is 0 Å². The van der Waals surface area contributed by atoms with Crippen LogP contribution in [-0.4, -0.2) is 36.5 Å². The second-order valence-electron chi connectivity index (χ2n) is 4.92. The van der Waals surface area contributed by atoms with Crippen LogP contribution in [0.15, 0.2) is 15.9 Å². The van der Waals surface area contributed by atoms with Crippen LogP contribution in [0, 0.1) is 5.92 Å². The first kappa shape index (κ1) is 11.7. The van der Waals surface area contributed by atoms with E-state index in [0.717, 1.165) is 27.5 Å². The molecule has 0 aliphatic carbocycles. The fourth-order valence-electron chi connectivity index (χ4n) is 2.86. The van der Waals surface area contributed by atoms with Crippen molar-refractivity contribution in [1.29, 1.82) is 0 Å². The van der Waals surface area contributed by atoms with Crippen LogP contribution < -0.4 is 5.32 Å². The Morgan fingerprint density at radius 3 is 3.06 bits per heavy atom. The number of nitrogens with zero attached hydrogens (tertiary/aromatic N) is 1. The number of amides is 1.